The number of aromatic nitrogens is 2. The van der Waals surface area contributed by atoms with Crippen molar-refractivity contribution in [1.82, 2.24) is 9.97 Å². The summed E-state index contributed by atoms with van der Waals surface area (Å²) >= 11 is 1.31. The largest absolute Gasteiger partial charge is 0.497 e. The molecule has 4 aromatic rings. The fourth-order valence-corrected chi connectivity index (χ4v) is 4.14. The second-order valence-corrected chi connectivity index (χ2v) is 7.90. The van der Waals surface area contributed by atoms with E-state index in [-0.39, 0.29) is 12.5 Å². The third-order valence-corrected chi connectivity index (χ3v) is 5.72. The number of amides is 1. The predicted molar refractivity (Wildman–Crippen MR) is 124 cm³/mol. The first-order valence-electron chi connectivity index (χ1n) is 9.89. The van der Waals surface area contributed by atoms with Gasteiger partial charge in [0.2, 0.25) is 5.91 Å². The molecule has 0 unspecified atom stereocenters. The van der Waals surface area contributed by atoms with Gasteiger partial charge in [-0.1, -0.05) is 18.2 Å². The Hall–Kier alpha value is -3.78. The number of fused-ring (bicyclic) bond motifs is 1. The third-order valence-electron chi connectivity index (χ3n) is 4.84. The Morgan fingerprint density at radius 2 is 1.84 bits per heavy atom. The van der Waals surface area contributed by atoms with Crippen LogP contribution in [0.1, 0.15) is 28.7 Å². The Morgan fingerprint density at radius 3 is 2.56 bits per heavy atom. The maximum atomic E-state index is 12.7. The number of hydrogen-bond donors (Lipinski definition) is 0. The number of carbonyl (C=O) groups is 2. The quantitative estimate of drug-likeness (QED) is 0.385. The lowest BCUT2D eigenvalue weighted by Gasteiger charge is -2.17. The Labute approximate surface area is 189 Å². The van der Waals surface area contributed by atoms with Gasteiger partial charge >= 0.3 is 5.97 Å². The van der Waals surface area contributed by atoms with E-state index in [2.05, 4.69) is 9.97 Å². The topological polar surface area (TPSA) is 81.6 Å². The van der Waals surface area contributed by atoms with Gasteiger partial charge < -0.3 is 9.47 Å². The summed E-state index contributed by atoms with van der Waals surface area (Å²) < 4.78 is 10.7. The van der Waals surface area contributed by atoms with Gasteiger partial charge in [0.15, 0.2) is 5.13 Å². The molecule has 1 amide bonds. The molecule has 0 N–H and O–H groups in total. The van der Waals surface area contributed by atoms with Gasteiger partial charge in [0.05, 0.1) is 35.3 Å². The molecule has 162 valence electrons. The number of anilines is 2. The molecule has 4 rings (SSSR count). The lowest BCUT2D eigenvalue weighted by molar-refractivity contribution is -0.115. The Morgan fingerprint density at radius 1 is 1.06 bits per heavy atom. The number of rotatable bonds is 6. The standard InChI is InChI=1S/C24H21N3O4S/c1-15-21(12-17-11-20(30-3)9-10-22(17)25-15)23(29)31-13-18-14-32-24(26-18)27(16(2)28)19-7-5-4-6-8-19/h4-12,14H,13H2,1-3H3. The number of hydrogen-bond acceptors (Lipinski definition) is 7. The average Bonchev–Trinajstić information content (AvgIpc) is 3.25. The van der Waals surface area contributed by atoms with Gasteiger partial charge in [0.1, 0.15) is 12.4 Å². The second-order valence-electron chi connectivity index (χ2n) is 7.07. The molecular weight excluding hydrogens is 426 g/mol. The summed E-state index contributed by atoms with van der Waals surface area (Å²) in [5.74, 6) is 0.0500. The fourth-order valence-electron chi connectivity index (χ4n) is 3.27. The van der Waals surface area contributed by atoms with Gasteiger partial charge in [-0.05, 0) is 43.3 Å². The summed E-state index contributed by atoms with van der Waals surface area (Å²) in [6.45, 7) is 3.25. The van der Waals surface area contributed by atoms with Gasteiger partial charge in [0.25, 0.3) is 0 Å². The van der Waals surface area contributed by atoms with Crippen molar-refractivity contribution in [3.63, 3.8) is 0 Å². The monoisotopic (exact) mass is 447 g/mol. The molecule has 2 aromatic carbocycles. The van der Waals surface area contributed by atoms with Gasteiger partial charge in [-0.15, -0.1) is 11.3 Å². The second kappa shape index (κ2) is 9.15. The van der Waals surface area contributed by atoms with Crippen molar-refractivity contribution in [3.8, 4) is 5.75 Å². The molecule has 0 spiro atoms. The highest BCUT2D eigenvalue weighted by molar-refractivity contribution is 7.14. The lowest BCUT2D eigenvalue weighted by atomic mass is 10.1. The van der Waals surface area contributed by atoms with Gasteiger partial charge in [-0.2, -0.15) is 0 Å². The highest BCUT2D eigenvalue weighted by atomic mass is 32.1. The molecule has 7 nitrogen and oxygen atoms in total. The van der Waals surface area contributed by atoms with Crippen molar-refractivity contribution < 1.29 is 19.1 Å². The molecule has 0 saturated heterocycles. The first-order chi connectivity index (χ1) is 15.5. The number of methoxy groups -OCH3 is 1. The van der Waals surface area contributed by atoms with Crippen LogP contribution in [0.15, 0.2) is 60.0 Å². The van der Waals surface area contributed by atoms with Crippen LogP contribution in [0.4, 0.5) is 10.8 Å². The molecule has 8 heteroatoms. The Kier molecular flexibility index (Phi) is 6.13. The first kappa shape index (κ1) is 21.5. The van der Waals surface area contributed by atoms with Crippen LogP contribution in [-0.2, 0) is 16.1 Å². The van der Waals surface area contributed by atoms with Crippen LogP contribution in [0.3, 0.4) is 0 Å². The molecule has 2 aromatic heterocycles. The number of aryl methyl sites for hydroxylation is 1. The van der Waals surface area contributed by atoms with Crippen molar-refractivity contribution >= 4 is 44.9 Å². The zero-order chi connectivity index (χ0) is 22.7. The van der Waals surface area contributed by atoms with Crippen LogP contribution in [0, 0.1) is 6.92 Å². The Bertz CT molecular complexity index is 1290. The normalized spacial score (nSPS) is 10.7. The van der Waals surface area contributed by atoms with Crippen molar-refractivity contribution in [2.24, 2.45) is 0 Å². The van der Waals surface area contributed by atoms with Crippen molar-refractivity contribution in [3.05, 3.63) is 76.9 Å². The van der Waals surface area contributed by atoms with E-state index in [0.717, 1.165) is 16.6 Å². The van der Waals surface area contributed by atoms with Gasteiger partial charge in [0, 0.05) is 17.7 Å². The van der Waals surface area contributed by atoms with Crippen LogP contribution < -0.4 is 9.64 Å². The van der Waals surface area contributed by atoms with Crippen molar-refractivity contribution in [2.45, 2.75) is 20.5 Å². The van der Waals surface area contributed by atoms with Crippen LogP contribution >= 0.6 is 11.3 Å². The molecule has 0 fully saturated rings. The van der Waals surface area contributed by atoms with E-state index in [0.29, 0.717) is 27.8 Å². The summed E-state index contributed by atoms with van der Waals surface area (Å²) in [5.41, 5.74) is 3.03. The zero-order valence-electron chi connectivity index (χ0n) is 17.9. The number of thiazole rings is 1. The molecule has 0 atom stereocenters. The predicted octanol–water partition coefficient (Wildman–Crippen LogP) is 5.05. The number of pyridine rings is 1. The van der Waals surface area contributed by atoms with Crippen LogP contribution in [0.25, 0.3) is 10.9 Å². The number of carbonyl (C=O) groups excluding carboxylic acids is 2. The molecule has 0 radical (unpaired) electrons. The minimum absolute atomic E-state index is 0.00848. The molecule has 0 saturated carbocycles. The van der Waals surface area contributed by atoms with Crippen molar-refractivity contribution in [2.75, 3.05) is 12.0 Å². The smallest absolute Gasteiger partial charge is 0.340 e. The molecule has 0 bridgehead atoms. The van der Waals surface area contributed by atoms with Crippen LogP contribution in [0.5, 0.6) is 5.75 Å². The summed E-state index contributed by atoms with van der Waals surface area (Å²) in [6, 6.07) is 16.5. The maximum Gasteiger partial charge on any atom is 0.340 e. The highest BCUT2D eigenvalue weighted by Crippen LogP contribution is 2.29. The zero-order valence-corrected chi connectivity index (χ0v) is 18.7. The van der Waals surface area contributed by atoms with E-state index in [1.165, 1.54) is 23.2 Å². The SMILES string of the molecule is COc1ccc2nc(C)c(C(=O)OCc3csc(N(C(C)=O)c4ccccc4)n3)cc2c1. The number of benzene rings is 2. The van der Waals surface area contributed by atoms with E-state index in [1.807, 2.05) is 48.5 Å². The van der Waals surface area contributed by atoms with E-state index in [4.69, 9.17) is 9.47 Å². The van der Waals surface area contributed by atoms with E-state index >= 15 is 0 Å². The highest BCUT2D eigenvalue weighted by Gasteiger charge is 2.19. The first-order valence-corrected chi connectivity index (χ1v) is 10.8. The molecule has 0 aliphatic rings. The average molecular weight is 448 g/mol. The minimum atomic E-state index is -0.485. The molecule has 2 heterocycles. The summed E-state index contributed by atoms with van der Waals surface area (Å²) in [6.07, 6.45) is 0. The lowest BCUT2D eigenvalue weighted by Crippen LogP contribution is -2.22. The third kappa shape index (κ3) is 4.45. The van der Waals surface area contributed by atoms with Crippen molar-refractivity contribution in [1.29, 1.82) is 0 Å². The molecule has 0 aliphatic heterocycles. The summed E-state index contributed by atoms with van der Waals surface area (Å²) in [4.78, 5) is 35.4. The number of para-hydroxylation sites is 1. The minimum Gasteiger partial charge on any atom is -0.497 e. The molecule has 32 heavy (non-hydrogen) atoms. The van der Waals surface area contributed by atoms with E-state index < -0.39 is 5.97 Å². The van der Waals surface area contributed by atoms with Crippen LogP contribution in [0.2, 0.25) is 0 Å². The van der Waals surface area contributed by atoms with E-state index in [9.17, 15) is 9.59 Å². The summed E-state index contributed by atoms with van der Waals surface area (Å²) in [7, 11) is 1.59. The van der Waals surface area contributed by atoms with Gasteiger partial charge in [-0.3, -0.25) is 14.7 Å². The molecular formula is C24H21N3O4S. The van der Waals surface area contributed by atoms with Gasteiger partial charge in [-0.25, -0.2) is 9.78 Å². The van der Waals surface area contributed by atoms with E-state index in [1.54, 1.807) is 25.5 Å². The number of nitrogens with zero attached hydrogens (tertiary/aromatic N) is 3. The number of esters is 1. The number of ether oxygens (including phenoxy) is 2. The Balaban J connectivity index is 1.51. The van der Waals surface area contributed by atoms with Crippen LogP contribution in [-0.4, -0.2) is 29.0 Å². The summed E-state index contributed by atoms with van der Waals surface area (Å²) in [5, 5.41) is 3.08. The fraction of sp³-hybridized carbons (Fsp3) is 0.167. The maximum absolute atomic E-state index is 12.7. The molecule has 0 aliphatic carbocycles.